The van der Waals surface area contributed by atoms with Crippen molar-refractivity contribution in [3.8, 4) is 5.75 Å². The van der Waals surface area contributed by atoms with E-state index < -0.39 is 0 Å². The Hall–Kier alpha value is -2.43. The molecule has 2 aromatic rings. The summed E-state index contributed by atoms with van der Waals surface area (Å²) in [6, 6.07) is 5.82. The number of morpholine rings is 1. The molecule has 1 unspecified atom stereocenters. The van der Waals surface area contributed by atoms with Crippen LogP contribution in [0.4, 0.5) is 17.5 Å². The smallest absolute Gasteiger partial charge is 0.229 e. The number of amides is 1. The Morgan fingerprint density at radius 1 is 1.42 bits per heavy atom. The Morgan fingerprint density at radius 2 is 2.26 bits per heavy atom. The summed E-state index contributed by atoms with van der Waals surface area (Å²) in [6.07, 6.45) is 2.33. The molecule has 9 nitrogen and oxygen atoms in total. The number of carbonyl (C=O) groups is 1. The Balaban J connectivity index is 1.82. The number of carbonyl (C=O) groups excluding carboxylic acids is 1. The van der Waals surface area contributed by atoms with Crippen molar-refractivity contribution in [1.82, 2.24) is 14.9 Å². The van der Waals surface area contributed by atoms with Crippen LogP contribution < -0.4 is 15.4 Å². The SMILES string of the molecule is COCCNc1nc(Nc2ccc(C3CN(C=O)CCO3)cc2OC(C)C)ncc1Br. The molecule has 10 heteroatoms. The quantitative estimate of drug-likeness (QED) is 0.384. The molecule has 1 aliphatic heterocycles. The number of nitrogens with one attached hydrogen (secondary N) is 2. The fourth-order valence-electron chi connectivity index (χ4n) is 3.10. The van der Waals surface area contributed by atoms with Gasteiger partial charge in [0.1, 0.15) is 17.7 Å². The standard InChI is InChI=1S/C21H28BrN5O4/c1-14(2)31-18-10-15(19-12-27(13-28)7-9-30-19)4-5-17(18)25-21-24-11-16(22)20(26-21)23-6-8-29-3/h4-5,10-11,13-14,19H,6-9,12H2,1-3H3,(H2,23,24,25,26). The second kappa shape index (κ2) is 11.3. The van der Waals surface area contributed by atoms with Crippen LogP contribution in [0.15, 0.2) is 28.9 Å². The Morgan fingerprint density at radius 3 is 3.00 bits per heavy atom. The summed E-state index contributed by atoms with van der Waals surface area (Å²) in [7, 11) is 1.65. The molecule has 2 N–H and O–H groups in total. The predicted molar refractivity (Wildman–Crippen MR) is 122 cm³/mol. The highest BCUT2D eigenvalue weighted by molar-refractivity contribution is 9.10. The van der Waals surface area contributed by atoms with E-state index >= 15 is 0 Å². The van der Waals surface area contributed by atoms with Gasteiger partial charge in [0.2, 0.25) is 12.4 Å². The van der Waals surface area contributed by atoms with Crippen molar-refractivity contribution in [2.75, 3.05) is 50.6 Å². The van der Waals surface area contributed by atoms with Crippen LogP contribution >= 0.6 is 15.9 Å². The largest absolute Gasteiger partial charge is 0.489 e. The van der Waals surface area contributed by atoms with Crippen molar-refractivity contribution in [2.24, 2.45) is 0 Å². The van der Waals surface area contributed by atoms with E-state index in [-0.39, 0.29) is 12.2 Å². The first-order valence-electron chi connectivity index (χ1n) is 10.1. The highest BCUT2D eigenvalue weighted by atomic mass is 79.9. The van der Waals surface area contributed by atoms with Crippen LogP contribution in [0.25, 0.3) is 0 Å². The minimum absolute atomic E-state index is 0.0216. The second-order valence-corrected chi connectivity index (χ2v) is 8.17. The molecular weight excluding hydrogens is 466 g/mol. The maximum atomic E-state index is 11.1. The minimum Gasteiger partial charge on any atom is -0.489 e. The average molecular weight is 494 g/mol. The zero-order valence-electron chi connectivity index (χ0n) is 17.9. The van der Waals surface area contributed by atoms with E-state index in [2.05, 4.69) is 36.5 Å². The van der Waals surface area contributed by atoms with Crippen molar-refractivity contribution in [1.29, 1.82) is 0 Å². The highest BCUT2D eigenvalue weighted by Crippen LogP contribution is 2.33. The monoisotopic (exact) mass is 493 g/mol. The molecule has 1 fully saturated rings. The molecule has 3 rings (SSSR count). The lowest BCUT2D eigenvalue weighted by molar-refractivity contribution is -0.125. The van der Waals surface area contributed by atoms with Gasteiger partial charge in [-0.05, 0) is 47.5 Å². The van der Waals surface area contributed by atoms with Crippen LogP contribution in [-0.4, -0.2) is 67.3 Å². The maximum Gasteiger partial charge on any atom is 0.229 e. The van der Waals surface area contributed by atoms with Crippen LogP contribution in [-0.2, 0) is 14.3 Å². The van der Waals surface area contributed by atoms with Crippen LogP contribution in [0.2, 0.25) is 0 Å². The molecule has 0 aliphatic carbocycles. The molecule has 1 aromatic carbocycles. The van der Waals surface area contributed by atoms with E-state index in [0.29, 0.717) is 50.4 Å². The molecule has 1 aromatic heterocycles. The Kier molecular flexibility index (Phi) is 8.44. The average Bonchev–Trinajstić information content (AvgIpc) is 2.77. The number of methoxy groups -OCH3 is 1. The number of anilines is 3. The summed E-state index contributed by atoms with van der Waals surface area (Å²) in [5.74, 6) is 1.77. The van der Waals surface area contributed by atoms with Crippen LogP contribution in [0.3, 0.4) is 0 Å². The lowest BCUT2D eigenvalue weighted by Crippen LogP contribution is -2.37. The van der Waals surface area contributed by atoms with Crippen molar-refractivity contribution in [3.63, 3.8) is 0 Å². The third-order valence-corrected chi connectivity index (χ3v) is 5.16. The fraction of sp³-hybridized carbons (Fsp3) is 0.476. The third-order valence-electron chi connectivity index (χ3n) is 4.58. The van der Waals surface area contributed by atoms with Gasteiger partial charge in [0.05, 0.1) is 36.0 Å². The van der Waals surface area contributed by atoms with E-state index in [0.717, 1.165) is 22.1 Å². The lowest BCUT2D eigenvalue weighted by Gasteiger charge is -2.31. The van der Waals surface area contributed by atoms with E-state index in [1.807, 2.05) is 32.0 Å². The minimum atomic E-state index is -0.192. The molecule has 0 bridgehead atoms. The third kappa shape index (κ3) is 6.52. The second-order valence-electron chi connectivity index (χ2n) is 7.32. The van der Waals surface area contributed by atoms with Crippen LogP contribution in [0.5, 0.6) is 5.75 Å². The molecule has 0 radical (unpaired) electrons. The highest BCUT2D eigenvalue weighted by Gasteiger charge is 2.22. The number of aromatic nitrogens is 2. The van der Waals surface area contributed by atoms with E-state index in [4.69, 9.17) is 14.2 Å². The molecule has 1 saturated heterocycles. The first-order valence-corrected chi connectivity index (χ1v) is 10.9. The van der Waals surface area contributed by atoms with Gasteiger partial charge >= 0.3 is 0 Å². The number of nitrogens with zero attached hydrogens (tertiary/aromatic N) is 3. The lowest BCUT2D eigenvalue weighted by atomic mass is 10.1. The van der Waals surface area contributed by atoms with E-state index in [1.165, 1.54) is 0 Å². The molecule has 0 saturated carbocycles. The van der Waals surface area contributed by atoms with Crippen molar-refractivity contribution >= 4 is 39.8 Å². The van der Waals surface area contributed by atoms with Gasteiger partial charge in [-0.25, -0.2) is 4.98 Å². The number of benzene rings is 1. The first-order chi connectivity index (χ1) is 15.0. The van der Waals surface area contributed by atoms with Gasteiger partial charge in [-0.2, -0.15) is 4.98 Å². The van der Waals surface area contributed by atoms with E-state index in [1.54, 1.807) is 18.2 Å². The summed E-state index contributed by atoms with van der Waals surface area (Å²) in [6.45, 7) is 6.76. The molecular formula is C21H28BrN5O4. The number of hydrogen-bond donors (Lipinski definition) is 2. The molecule has 0 spiro atoms. The van der Waals surface area contributed by atoms with Gasteiger partial charge in [0, 0.05) is 26.4 Å². The molecule has 1 atom stereocenters. The number of halogens is 1. The Labute approximate surface area is 190 Å². The first kappa shape index (κ1) is 23.2. The van der Waals surface area contributed by atoms with E-state index in [9.17, 15) is 4.79 Å². The molecule has 2 heterocycles. The van der Waals surface area contributed by atoms with Crippen molar-refractivity contribution in [2.45, 2.75) is 26.1 Å². The van der Waals surface area contributed by atoms with Gasteiger partial charge in [0.25, 0.3) is 0 Å². The summed E-state index contributed by atoms with van der Waals surface area (Å²) in [5, 5.41) is 6.44. The Bertz CT molecular complexity index is 883. The van der Waals surface area contributed by atoms with Crippen molar-refractivity contribution < 1.29 is 19.0 Å². The molecule has 31 heavy (non-hydrogen) atoms. The summed E-state index contributed by atoms with van der Waals surface area (Å²) in [4.78, 5) is 21.7. The normalized spacial score (nSPS) is 16.3. The van der Waals surface area contributed by atoms with Crippen LogP contribution in [0, 0.1) is 0 Å². The van der Waals surface area contributed by atoms with Gasteiger partial charge < -0.3 is 29.7 Å². The summed E-state index contributed by atoms with van der Waals surface area (Å²) in [5.41, 5.74) is 1.69. The zero-order valence-corrected chi connectivity index (χ0v) is 19.5. The molecule has 1 aliphatic rings. The van der Waals surface area contributed by atoms with Gasteiger partial charge in [-0.15, -0.1) is 0 Å². The number of ether oxygens (including phenoxy) is 3. The number of rotatable bonds is 10. The van der Waals surface area contributed by atoms with Crippen LogP contribution in [0.1, 0.15) is 25.5 Å². The molecule has 168 valence electrons. The summed E-state index contributed by atoms with van der Waals surface area (Å²) < 4.78 is 17.7. The van der Waals surface area contributed by atoms with Crippen molar-refractivity contribution in [3.05, 3.63) is 34.4 Å². The topological polar surface area (TPSA) is 97.8 Å². The number of hydrogen-bond acceptors (Lipinski definition) is 8. The summed E-state index contributed by atoms with van der Waals surface area (Å²) >= 11 is 3.46. The van der Waals surface area contributed by atoms with Gasteiger partial charge in [-0.3, -0.25) is 4.79 Å². The van der Waals surface area contributed by atoms with Gasteiger partial charge in [-0.1, -0.05) is 6.07 Å². The zero-order chi connectivity index (χ0) is 22.2. The molecule has 1 amide bonds. The predicted octanol–water partition coefficient (Wildman–Crippen LogP) is 3.36. The fourth-order valence-corrected chi connectivity index (χ4v) is 3.43. The van der Waals surface area contributed by atoms with Gasteiger partial charge in [0.15, 0.2) is 0 Å². The maximum absolute atomic E-state index is 11.1.